The molecule has 0 spiro atoms. The van der Waals surface area contributed by atoms with Crippen LogP contribution in [0.4, 0.5) is 0 Å². The molecule has 0 aliphatic rings. The monoisotopic (exact) mass is 244 g/mol. The maximum absolute atomic E-state index is 12.4. The van der Waals surface area contributed by atoms with Gasteiger partial charge in [0.15, 0.2) is 0 Å². The van der Waals surface area contributed by atoms with Crippen LogP contribution < -0.4 is 5.73 Å². The fourth-order valence-corrected chi connectivity index (χ4v) is 1.27. The van der Waals surface area contributed by atoms with E-state index in [1.54, 1.807) is 41.5 Å². The molecule has 3 N–H and O–H groups in total. The average Bonchev–Trinajstić information content (AvgIpc) is 2.10. The molecule has 100 valence electrons. The van der Waals surface area contributed by atoms with E-state index in [2.05, 4.69) is 0 Å². The van der Waals surface area contributed by atoms with E-state index in [1.165, 1.54) is 4.90 Å². The minimum absolute atomic E-state index is 0.166. The predicted molar refractivity (Wildman–Crippen MR) is 66.5 cm³/mol. The number of aliphatic carboxylic acids is 1. The number of nitrogens with zero attached hydrogens (tertiary/aromatic N) is 1. The molecule has 0 aliphatic heterocycles. The van der Waals surface area contributed by atoms with Gasteiger partial charge in [-0.25, -0.2) is 0 Å². The van der Waals surface area contributed by atoms with Gasteiger partial charge in [0.05, 0.1) is 5.41 Å². The predicted octanol–water partition coefficient (Wildman–Crippen LogP) is 1.07. The smallest absolute Gasteiger partial charge is 0.323 e. The molecule has 0 aromatic rings. The van der Waals surface area contributed by atoms with Gasteiger partial charge in [0.2, 0.25) is 5.91 Å². The van der Waals surface area contributed by atoms with Gasteiger partial charge >= 0.3 is 5.97 Å². The van der Waals surface area contributed by atoms with Gasteiger partial charge in [0.1, 0.15) is 6.54 Å². The molecule has 0 bridgehead atoms. The van der Waals surface area contributed by atoms with Crippen molar-refractivity contribution in [3.8, 4) is 0 Å². The topological polar surface area (TPSA) is 83.6 Å². The number of carbonyl (C=O) groups excluding carboxylic acids is 1. The zero-order chi connectivity index (χ0) is 14.0. The Morgan fingerprint density at radius 1 is 1.24 bits per heavy atom. The minimum atomic E-state index is -1.02. The number of carboxylic acids is 1. The molecule has 17 heavy (non-hydrogen) atoms. The van der Waals surface area contributed by atoms with Gasteiger partial charge in [-0.2, -0.15) is 0 Å². The second-order valence-corrected chi connectivity index (χ2v) is 5.77. The van der Waals surface area contributed by atoms with E-state index in [1.807, 2.05) is 0 Å². The third-order valence-corrected chi connectivity index (χ3v) is 3.34. The van der Waals surface area contributed by atoms with Crippen LogP contribution in [0.3, 0.4) is 0 Å². The zero-order valence-electron chi connectivity index (χ0n) is 11.6. The van der Waals surface area contributed by atoms with Crippen LogP contribution in [0.5, 0.6) is 0 Å². The molecule has 5 heteroatoms. The van der Waals surface area contributed by atoms with Crippen molar-refractivity contribution in [2.75, 3.05) is 6.54 Å². The molecule has 0 rings (SSSR count). The summed E-state index contributed by atoms with van der Waals surface area (Å²) in [5.41, 5.74) is 4.46. The molecule has 0 aliphatic carbocycles. The van der Waals surface area contributed by atoms with Gasteiger partial charge in [-0.15, -0.1) is 0 Å². The Hall–Kier alpha value is -1.10. The summed E-state index contributed by atoms with van der Waals surface area (Å²) in [6, 6.07) is -0.166. The van der Waals surface area contributed by atoms with Crippen LogP contribution in [0.2, 0.25) is 0 Å². The van der Waals surface area contributed by atoms with Crippen LogP contribution in [-0.2, 0) is 9.59 Å². The van der Waals surface area contributed by atoms with Crippen molar-refractivity contribution in [1.82, 2.24) is 4.90 Å². The highest BCUT2D eigenvalue weighted by molar-refractivity contribution is 5.86. The Morgan fingerprint density at radius 3 is 1.88 bits per heavy atom. The van der Waals surface area contributed by atoms with Crippen LogP contribution in [0.15, 0.2) is 0 Å². The molecule has 1 amide bonds. The van der Waals surface area contributed by atoms with Crippen molar-refractivity contribution in [3.63, 3.8) is 0 Å². The summed E-state index contributed by atoms with van der Waals surface area (Å²) >= 11 is 0. The molecule has 0 aromatic carbocycles. The number of nitrogens with two attached hydrogens (primary N) is 1. The fourth-order valence-electron chi connectivity index (χ4n) is 1.27. The van der Waals surface area contributed by atoms with E-state index in [0.717, 1.165) is 0 Å². The molecule has 0 unspecified atom stereocenters. The maximum atomic E-state index is 12.4. The molecule has 0 aromatic heterocycles. The summed E-state index contributed by atoms with van der Waals surface area (Å²) < 4.78 is 0. The van der Waals surface area contributed by atoms with Crippen molar-refractivity contribution >= 4 is 11.9 Å². The summed E-state index contributed by atoms with van der Waals surface area (Å²) in [5, 5.41) is 8.83. The number of carboxylic acid groups (broad SMARTS) is 1. The highest BCUT2D eigenvalue weighted by Crippen LogP contribution is 2.31. The SMILES string of the molecule is CC(C)N(CC(=O)O)C(=O)C(C)(C)C(C)(C)N. The van der Waals surface area contributed by atoms with Crippen molar-refractivity contribution in [2.24, 2.45) is 11.1 Å². The lowest BCUT2D eigenvalue weighted by Crippen LogP contribution is -2.58. The lowest BCUT2D eigenvalue weighted by atomic mass is 9.74. The Balaban J connectivity index is 5.16. The molecular formula is C12H24N2O3. The lowest BCUT2D eigenvalue weighted by Gasteiger charge is -2.41. The summed E-state index contributed by atoms with van der Waals surface area (Å²) in [6.45, 7) is 10.3. The van der Waals surface area contributed by atoms with E-state index < -0.39 is 16.9 Å². The first-order valence-electron chi connectivity index (χ1n) is 5.73. The summed E-state index contributed by atoms with van der Waals surface area (Å²) in [4.78, 5) is 24.5. The van der Waals surface area contributed by atoms with Gasteiger partial charge < -0.3 is 15.7 Å². The lowest BCUT2D eigenvalue weighted by molar-refractivity contribution is -0.152. The molecule has 0 heterocycles. The van der Waals surface area contributed by atoms with E-state index in [-0.39, 0.29) is 18.5 Å². The molecule has 0 fully saturated rings. The van der Waals surface area contributed by atoms with Gasteiger partial charge in [0, 0.05) is 11.6 Å². The number of hydrogen-bond donors (Lipinski definition) is 2. The van der Waals surface area contributed by atoms with Gasteiger partial charge in [-0.1, -0.05) is 0 Å². The molecule has 0 saturated heterocycles. The summed E-state index contributed by atoms with van der Waals surface area (Å²) in [6.07, 6.45) is 0. The molecule has 5 nitrogen and oxygen atoms in total. The number of hydrogen-bond acceptors (Lipinski definition) is 3. The van der Waals surface area contributed by atoms with Crippen molar-refractivity contribution < 1.29 is 14.7 Å². The summed E-state index contributed by atoms with van der Waals surface area (Å²) in [7, 11) is 0. The van der Waals surface area contributed by atoms with Gasteiger partial charge in [0.25, 0.3) is 0 Å². The van der Waals surface area contributed by atoms with E-state index >= 15 is 0 Å². The average molecular weight is 244 g/mol. The zero-order valence-corrected chi connectivity index (χ0v) is 11.6. The van der Waals surface area contributed by atoms with Crippen molar-refractivity contribution in [3.05, 3.63) is 0 Å². The first-order valence-corrected chi connectivity index (χ1v) is 5.73. The Bertz CT molecular complexity index is 303. The minimum Gasteiger partial charge on any atom is -0.480 e. The number of rotatable bonds is 5. The van der Waals surface area contributed by atoms with E-state index in [4.69, 9.17) is 10.8 Å². The van der Waals surface area contributed by atoms with Crippen molar-refractivity contribution in [2.45, 2.75) is 53.1 Å². The third-order valence-electron chi connectivity index (χ3n) is 3.34. The van der Waals surface area contributed by atoms with Crippen LogP contribution in [0.1, 0.15) is 41.5 Å². The second kappa shape index (κ2) is 5.04. The molecule has 0 saturated carbocycles. The molecule has 0 atom stereocenters. The first-order chi connectivity index (χ1) is 7.41. The fraction of sp³-hybridized carbons (Fsp3) is 0.833. The molecule has 0 radical (unpaired) electrons. The number of carbonyl (C=O) groups is 2. The van der Waals surface area contributed by atoms with Gasteiger partial charge in [-0.05, 0) is 41.5 Å². The standard InChI is InChI=1S/C12H24N2O3/c1-8(2)14(7-9(15)16)10(17)11(3,4)12(5,6)13/h8H,7,13H2,1-6H3,(H,15,16). The Morgan fingerprint density at radius 2 is 1.65 bits per heavy atom. The Labute approximate surface area is 103 Å². The highest BCUT2D eigenvalue weighted by atomic mass is 16.4. The van der Waals surface area contributed by atoms with E-state index in [9.17, 15) is 9.59 Å². The first kappa shape index (κ1) is 15.9. The summed E-state index contributed by atoms with van der Waals surface area (Å²) in [5.74, 6) is -1.25. The van der Waals surface area contributed by atoms with E-state index in [0.29, 0.717) is 0 Å². The van der Waals surface area contributed by atoms with Crippen LogP contribution in [0, 0.1) is 5.41 Å². The highest BCUT2D eigenvalue weighted by Gasteiger charge is 2.43. The van der Waals surface area contributed by atoms with Crippen molar-refractivity contribution in [1.29, 1.82) is 0 Å². The molecular weight excluding hydrogens is 220 g/mol. The second-order valence-electron chi connectivity index (χ2n) is 5.77. The number of amides is 1. The quantitative estimate of drug-likeness (QED) is 0.757. The van der Waals surface area contributed by atoms with Crippen LogP contribution >= 0.6 is 0 Å². The largest absolute Gasteiger partial charge is 0.480 e. The normalized spacial score (nSPS) is 12.7. The van der Waals surface area contributed by atoms with Crippen LogP contribution in [0.25, 0.3) is 0 Å². The third kappa shape index (κ3) is 3.70. The Kier molecular flexibility index (Phi) is 4.71. The van der Waals surface area contributed by atoms with Crippen LogP contribution in [-0.4, -0.2) is 40.0 Å². The maximum Gasteiger partial charge on any atom is 0.323 e. The van der Waals surface area contributed by atoms with Gasteiger partial charge in [-0.3, -0.25) is 9.59 Å².